The van der Waals surface area contributed by atoms with Crippen LogP contribution in [0.2, 0.25) is 0 Å². The number of hydrogen-bond donors (Lipinski definition) is 1. The van der Waals surface area contributed by atoms with E-state index in [9.17, 15) is 0 Å². The highest BCUT2D eigenvalue weighted by atomic mass is 16.5. The van der Waals surface area contributed by atoms with Gasteiger partial charge in [0.15, 0.2) is 6.04 Å². The van der Waals surface area contributed by atoms with E-state index in [0.29, 0.717) is 0 Å². The van der Waals surface area contributed by atoms with E-state index >= 15 is 0 Å². The summed E-state index contributed by atoms with van der Waals surface area (Å²) in [5.41, 5.74) is 5.12. The molecule has 3 rings (SSSR count). The van der Waals surface area contributed by atoms with Gasteiger partial charge in [0.05, 0.1) is 31.6 Å². The molecule has 0 fully saturated rings. The SMILES string of the molecule is CCCOC1=C2Cc3c(ccc(CC)c3OCCC)NC2C=C[C+]1CC. The summed E-state index contributed by atoms with van der Waals surface area (Å²) in [6, 6.07) is 4.63. The minimum atomic E-state index is 0.219. The molecular weight excluding hydrogens is 322 g/mol. The summed E-state index contributed by atoms with van der Waals surface area (Å²) >= 11 is 0. The van der Waals surface area contributed by atoms with E-state index in [2.05, 4.69) is 57.3 Å². The van der Waals surface area contributed by atoms with Crippen LogP contribution in [0.4, 0.5) is 5.69 Å². The number of fused-ring (bicyclic) bond motifs is 2. The molecule has 0 saturated heterocycles. The largest absolute Gasteiger partial charge is 0.493 e. The molecular formula is C23H32NO2+. The second-order valence-corrected chi connectivity index (χ2v) is 7.02. The Kier molecular flexibility index (Phi) is 6.18. The molecule has 0 spiro atoms. The van der Waals surface area contributed by atoms with Gasteiger partial charge in [0.2, 0.25) is 5.76 Å². The van der Waals surface area contributed by atoms with Crippen LogP contribution in [0.25, 0.3) is 0 Å². The molecule has 1 heterocycles. The van der Waals surface area contributed by atoms with E-state index in [1.807, 2.05) is 0 Å². The molecule has 1 N–H and O–H groups in total. The second-order valence-electron chi connectivity index (χ2n) is 7.02. The highest BCUT2D eigenvalue weighted by Crippen LogP contribution is 2.42. The summed E-state index contributed by atoms with van der Waals surface area (Å²) < 4.78 is 12.4. The minimum Gasteiger partial charge on any atom is -0.493 e. The van der Waals surface area contributed by atoms with Gasteiger partial charge in [-0.1, -0.05) is 26.8 Å². The van der Waals surface area contributed by atoms with Crippen molar-refractivity contribution in [3.63, 3.8) is 0 Å². The summed E-state index contributed by atoms with van der Waals surface area (Å²) in [5.74, 6) is 3.48. The van der Waals surface area contributed by atoms with Crippen molar-refractivity contribution in [1.82, 2.24) is 0 Å². The topological polar surface area (TPSA) is 30.5 Å². The van der Waals surface area contributed by atoms with Crippen LogP contribution in [0, 0.1) is 5.92 Å². The van der Waals surface area contributed by atoms with Gasteiger partial charge in [-0.25, -0.2) is 0 Å². The minimum absolute atomic E-state index is 0.219. The Hall–Kier alpha value is -2.03. The molecule has 3 nitrogen and oxygen atoms in total. The lowest BCUT2D eigenvalue weighted by atomic mass is 9.82. The molecule has 1 aliphatic heterocycles. The molecule has 1 aliphatic carbocycles. The Morgan fingerprint density at radius 2 is 1.85 bits per heavy atom. The summed E-state index contributed by atoms with van der Waals surface area (Å²) in [7, 11) is 0. The predicted octanol–water partition coefficient (Wildman–Crippen LogP) is 5.61. The van der Waals surface area contributed by atoms with Crippen molar-refractivity contribution in [2.45, 2.75) is 65.8 Å². The van der Waals surface area contributed by atoms with Crippen molar-refractivity contribution in [2.24, 2.45) is 0 Å². The molecule has 0 amide bonds. The van der Waals surface area contributed by atoms with Crippen LogP contribution in [-0.4, -0.2) is 19.3 Å². The molecule has 1 unspecified atom stereocenters. The first-order valence-corrected chi connectivity index (χ1v) is 10.2. The zero-order chi connectivity index (χ0) is 18.5. The van der Waals surface area contributed by atoms with Gasteiger partial charge in [-0.2, -0.15) is 0 Å². The highest BCUT2D eigenvalue weighted by molar-refractivity contribution is 5.68. The van der Waals surface area contributed by atoms with E-state index in [4.69, 9.17) is 9.47 Å². The number of anilines is 1. The average Bonchev–Trinajstić information content (AvgIpc) is 2.68. The maximum Gasteiger partial charge on any atom is 0.236 e. The quantitative estimate of drug-likeness (QED) is 0.616. The van der Waals surface area contributed by atoms with E-state index in [1.54, 1.807) is 0 Å². The van der Waals surface area contributed by atoms with Crippen molar-refractivity contribution in [2.75, 3.05) is 18.5 Å². The van der Waals surface area contributed by atoms with Gasteiger partial charge < -0.3 is 14.8 Å². The molecule has 2 aliphatic rings. The molecule has 0 radical (unpaired) electrons. The number of hydrogen-bond acceptors (Lipinski definition) is 3. The first-order chi connectivity index (χ1) is 12.7. The summed E-state index contributed by atoms with van der Waals surface area (Å²) in [6.07, 6.45) is 9.42. The van der Waals surface area contributed by atoms with Gasteiger partial charge in [-0.05, 0) is 37.8 Å². The van der Waals surface area contributed by atoms with Crippen molar-refractivity contribution in [3.8, 4) is 5.75 Å². The highest BCUT2D eigenvalue weighted by Gasteiger charge is 2.39. The Morgan fingerprint density at radius 3 is 2.54 bits per heavy atom. The smallest absolute Gasteiger partial charge is 0.236 e. The number of benzene rings is 1. The number of rotatable bonds is 8. The van der Waals surface area contributed by atoms with Gasteiger partial charge >= 0.3 is 0 Å². The predicted molar refractivity (Wildman–Crippen MR) is 109 cm³/mol. The third-order valence-corrected chi connectivity index (χ3v) is 5.13. The van der Waals surface area contributed by atoms with Crippen LogP contribution < -0.4 is 10.1 Å². The van der Waals surface area contributed by atoms with Crippen LogP contribution in [-0.2, 0) is 17.6 Å². The third kappa shape index (κ3) is 3.58. The molecule has 0 bridgehead atoms. The lowest BCUT2D eigenvalue weighted by molar-refractivity contribution is 0.206. The van der Waals surface area contributed by atoms with E-state index < -0.39 is 0 Å². The molecule has 1 aromatic rings. The Labute approximate surface area is 158 Å². The normalized spacial score (nSPS) is 18.3. The Bertz CT molecular complexity index is 690. The molecule has 0 aromatic heterocycles. The van der Waals surface area contributed by atoms with Crippen molar-refractivity contribution in [3.05, 3.63) is 52.7 Å². The maximum atomic E-state index is 6.21. The van der Waals surface area contributed by atoms with E-state index in [0.717, 1.165) is 56.8 Å². The van der Waals surface area contributed by atoms with Gasteiger partial charge in [0.1, 0.15) is 11.3 Å². The van der Waals surface area contributed by atoms with E-state index in [-0.39, 0.29) is 6.04 Å². The van der Waals surface area contributed by atoms with Gasteiger partial charge in [0.25, 0.3) is 0 Å². The summed E-state index contributed by atoms with van der Waals surface area (Å²) in [6.45, 7) is 10.2. The van der Waals surface area contributed by atoms with Gasteiger partial charge in [-0.3, -0.25) is 0 Å². The fourth-order valence-corrected chi connectivity index (χ4v) is 3.75. The van der Waals surface area contributed by atoms with Crippen molar-refractivity contribution in [1.29, 1.82) is 0 Å². The number of allylic oxidation sites excluding steroid dienone is 1. The molecule has 1 atom stereocenters. The number of aryl methyl sites for hydroxylation is 1. The summed E-state index contributed by atoms with van der Waals surface area (Å²) in [5, 5.41) is 3.70. The Morgan fingerprint density at radius 1 is 1.08 bits per heavy atom. The van der Waals surface area contributed by atoms with Crippen LogP contribution in [0.3, 0.4) is 0 Å². The molecule has 3 heteroatoms. The van der Waals surface area contributed by atoms with Crippen LogP contribution in [0.5, 0.6) is 5.75 Å². The van der Waals surface area contributed by atoms with Crippen molar-refractivity contribution < 1.29 is 9.47 Å². The lowest BCUT2D eigenvalue weighted by Gasteiger charge is -2.30. The maximum absolute atomic E-state index is 6.21. The van der Waals surface area contributed by atoms with Crippen LogP contribution in [0.15, 0.2) is 35.6 Å². The van der Waals surface area contributed by atoms with Crippen LogP contribution in [0.1, 0.15) is 58.1 Å². The second kappa shape index (κ2) is 8.57. The standard InChI is InChI=1S/C23H32NO2/c1-5-13-25-22-16(7-3)9-11-20-18(22)15-19-21(24-20)12-10-17(8-4)23(19)26-14-6-2/h9-12,20,24H,5-8,13-15H2,1-4H3/q+1. The first-order valence-electron chi connectivity index (χ1n) is 10.2. The number of ether oxygens (including phenoxy) is 2. The average molecular weight is 355 g/mol. The van der Waals surface area contributed by atoms with Gasteiger partial charge in [-0.15, -0.1) is 0 Å². The summed E-state index contributed by atoms with van der Waals surface area (Å²) in [4.78, 5) is 0. The lowest BCUT2D eigenvalue weighted by Crippen LogP contribution is -2.32. The van der Waals surface area contributed by atoms with Crippen molar-refractivity contribution >= 4 is 5.69 Å². The fraction of sp³-hybridized carbons (Fsp3) is 0.522. The van der Waals surface area contributed by atoms with Gasteiger partial charge in [0, 0.05) is 23.7 Å². The Balaban J connectivity index is 2.02. The third-order valence-electron chi connectivity index (χ3n) is 5.13. The van der Waals surface area contributed by atoms with E-state index in [1.165, 1.54) is 28.3 Å². The molecule has 140 valence electrons. The zero-order valence-corrected chi connectivity index (χ0v) is 16.7. The fourth-order valence-electron chi connectivity index (χ4n) is 3.75. The first kappa shape index (κ1) is 18.8. The molecule has 0 saturated carbocycles. The van der Waals surface area contributed by atoms with Crippen LogP contribution >= 0.6 is 0 Å². The monoisotopic (exact) mass is 354 g/mol. The zero-order valence-electron chi connectivity index (χ0n) is 16.7. The molecule has 1 aromatic carbocycles. The molecule has 26 heavy (non-hydrogen) atoms. The number of nitrogens with one attached hydrogen (secondary N) is 1.